The van der Waals surface area contributed by atoms with E-state index in [9.17, 15) is 14.4 Å². The smallest absolute Gasteiger partial charge is 0.335 e. The fourth-order valence-corrected chi connectivity index (χ4v) is 3.75. The quantitative estimate of drug-likeness (QED) is 0.404. The second-order valence-electron chi connectivity index (χ2n) is 7.57. The molecule has 3 aromatic carbocycles. The van der Waals surface area contributed by atoms with Crippen molar-refractivity contribution in [2.45, 2.75) is 13.5 Å². The zero-order valence-corrected chi connectivity index (χ0v) is 19.3. The predicted octanol–water partition coefficient (Wildman–Crippen LogP) is 4.90. The number of ether oxygens (including phenoxy) is 2. The molecule has 1 N–H and O–H groups in total. The van der Waals surface area contributed by atoms with E-state index in [-0.39, 0.29) is 12.2 Å². The molecule has 0 unspecified atom stereocenters. The minimum atomic E-state index is -0.788. The van der Waals surface area contributed by atoms with Crippen molar-refractivity contribution in [3.63, 3.8) is 0 Å². The third kappa shape index (κ3) is 4.79. The van der Waals surface area contributed by atoms with Crippen LogP contribution in [0.3, 0.4) is 0 Å². The first-order valence-electron chi connectivity index (χ1n) is 10.4. The molecule has 0 spiro atoms. The Balaban J connectivity index is 1.60. The van der Waals surface area contributed by atoms with E-state index in [0.29, 0.717) is 27.8 Å². The summed E-state index contributed by atoms with van der Waals surface area (Å²) < 4.78 is 11.3. The van der Waals surface area contributed by atoms with Crippen LogP contribution in [0, 0.1) is 6.92 Å². The predicted molar refractivity (Wildman–Crippen MR) is 129 cm³/mol. The number of imide groups is 2. The summed E-state index contributed by atoms with van der Waals surface area (Å²) in [5, 5.41) is 2.85. The lowest BCUT2D eigenvalue weighted by molar-refractivity contribution is -0.122. The largest absolute Gasteiger partial charge is 0.493 e. The van der Waals surface area contributed by atoms with E-state index < -0.39 is 17.8 Å². The maximum atomic E-state index is 13.1. The Morgan fingerprint density at radius 3 is 2.50 bits per heavy atom. The number of methoxy groups -OCH3 is 1. The van der Waals surface area contributed by atoms with Crippen LogP contribution in [0.2, 0.25) is 5.02 Å². The first-order chi connectivity index (χ1) is 16.4. The highest BCUT2D eigenvalue weighted by molar-refractivity contribution is 6.39. The van der Waals surface area contributed by atoms with Crippen molar-refractivity contribution < 1.29 is 23.9 Å². The van der Waals surface area contributed by atoms with E-state index in [2.05, 4.69) is 5.32 Å². The third-order valence-corrected chi connectivity index (χ3v) is 5.48. The summed E-state index contributed by atoms with van der Waals surface area (Å²) in [5.41, 5.74) is 2.39. The zero-order chi connectivity index (χ0) is 24.2. The average Bonchev–Trinajstić information content (AvgIpc) is 2.82. The number of benzene rings is 3. The van der Waals surface area contributed by atoms with Crippen LogP contribution in [-0.2, 0) is 16.2 Å². The average molecular weight is 477 g/mol. The molecule has 7 nitrogen and oxygen atoms in total. The minimum absolute atomic E-state index is 0.169. The summed E-state index contributed by atoms with van der Waals surface area (Å²) >= 11 is 6.02. The van der Waals surface area contributed by atoms with Gasteiger partial charge in [0.15, 0.2) is 11.5 Å². The molecule has 3 aromatic rings. The molecule has 172 valence electrons. The summed E-state index contributed by atoms with van der Waals surface area (Å²) in [6, 6.07) is 18.5. The molecular weight excluding hydrogens is 456 g/mol. The molecule has 0 atom stereocenters. The van der Waals surface area contributed by atoms with E-state index >= 15 is 0 Å². The van der Waals surface area contributed by atoms with E-state index in [0.717, 1.165) is 16.0 Å². The molecule has 1 aliphatic heterocycles. The molecule has 1 saturated heterocycles. The van der Waals surface area contributed by atoms with E-state index in [1.54, 1.807) is 55.5 Å². The van der Waals surface area contributed by atoms with Crippen LogP contribution in [0.25, 0.3) is 6.08 Å². The van der Waals surface area contributed by atoms with Gasteiger partial charge in [-0.15, -0.1) is 0 Å². The molecule has 0 radical (unpaired) electrons. The van der Waals surface area contributed by atoms with Gasteiger partial charge in [-0.3, -0.25) is 14.9 Å². The number of para-hydroxylation sites is 1. The Morgan fingerprint density at radius 2 is 1.76 bits per heavy atom. The molecule has 1 fully saturated rings. The van der Waals surface area contributed by atoms with Gasteiger partial charge in [0.2, 0.25) is 0 Å². The molecule has 8 heteroatoms. The lowest BCUT2D eigenvalue weighted by atomic mass is 10.1. The highest BCUT2D eigenvalue weighted by atomic mass is 35.5. The van der Waals surface area contributed by atoms with Crippen LogP contribution in [0.5, 0.6) is 11.5 Å². The first-order valence-corrected chi connectivity index (χ1v) is 10.8. The Morgan fingerprint density at radius 1 is 0.971 bits per heavy atom. The number of rotatable bonds is 6. The van der Waals surface area contributed by atoms with Crippen molar-refractivity contribution in [1.82, 2.24) is 5.32 Å². The van der Waals surface area contributed by atoms with Gasteiger partial charge in [0, 0.05) is 5.02 Å². The van der Waals surface area contributed by atoms with E-state index in [1.165, 1.54) is 13.2 Å². The van der Waals surface area contributed by atoms with Gasteiger partial charge in [0.05, 0.1) is 12.8 Å². The molecule has 1 heterocycles. The van der Waals surface area contributed by atoms with Gasteiger partial charge < -0.3 is 9.47 Å². The molecule has 0 aromatic heterocycles. The first kappa shape index (κ1) is 23.1. The second kappa shape index (κ2) is 9.80. The van der Waals surface area contributed by atoms with Crippen LogP contribution < -0.4 is 19.7 Å². The number of halogens is 1. The number of carbonyl (C=O) groups is 3. The summed E-state index contributed by atoms with van der Waals surface area (Å²) in [4.78, 5) is 39.0. The maximum absolute atomic E-state index is 13.1. The van der Waals surface area contributed by atoms with Crippen molar-refractivity contribution in [2.75, 3.05) is 12.0 Å². The Labute approximate surface area is 201 Å². The SMILES string of the molecule is COc1cc(/C=C2\C(=O)NC(=O)N(c3ccccc3C)C2=O)ccc1OCc1cccc(Cl)c1. The molecule has 0 aliphatic carbocycles. The van der Waals surface area contributed by atoms with Gasteiger partial charge >= 0.3 is 6.03 Å². The maximum Gasteiger partial charge on any atom is 0.335 e. The van der Waals surface area contributed by atoms with Crippen molar-refractivity contribution in [3.8, 4) is 11.5 Å². The minimum Gasteiger partial charge on any atom is -0.493 e. The fraction of sp³-hybridized carbons (Fsp3) is 0.115. The standard InChI is InChI=1S/C26H21ClN2O5/c1-16-6-3-4-9-21(16)29-25(31)20(24(30)28-26(29)32)13-17-10-11-22(23(14-17)33-2)34-15-18-7-5-8-19(27)12-18/h3-14H,15H2,1-2H3,(H,28,30,32)/b20-13+. The molecule has 4 rings (SSSR count). The number of nitrogens with one attached hydrogen (secondary N) is 1. The van der Waals surface area contributed by atoms with E-state index in [1.807, 2.05) is 18.2 Å². The van der Waals surface area contributed by atoms with Crippen molar-refractivity contribution in [2.24, 2.45) is 0 Å². The number of urea groups is 1. The Bertz CT molecular complexity index is 1320. The summed E-state index contributed by atoms with van der Waals surface area (Å²) in [5.74, 6) is -0.559. The van der Waals surface area contributed by atoms with Crippen molar-refractivity contribution in [1.29, 1.82) is 0 Å². The fourth-order valence-electron chi connectivity index (χ4n) is 3.54. The van der Waals surface area contributed by atoms with Crippen molar-refractivity contribution in [3.05, 3.63) is 94.0 Å². The van der Waals surface area contributed by atoms with Gasteiger partial charge in [-0.25, -0.2) is 9.69 Å². The Hall–Kier alpha value is -4.10. The molecule has 0 saturated carbocycles. The van der Waals surface area contributed by atoms with Crippen LogP contribution in [0.1, 0.15) is 16.7 Å². The third-order valence-electron chi connectivity index (χ3n) is 5.24. The number of hydrogen-bond donors (Lipinski definition) is 1. The summed E-state index contributed by atoms with van der Waals surface area (Å²) in [7, 11) is 1.50. The summed E-state index contributed by atoms with van der Waals surface area (Å²) in [6.45, 7) is 2.06. The number of anilines is 1. The molecule has 0 bridgehead atoms. The highest BCUT2D eigenvalue weighted by Crippen LogP contribution is 2.31. The monoisotopic (exact) mass is 476 g/mol. The van der Waals surface area contributed by atoms with E-state index in [4.69, 9.17) is 21.1 Å². The number of aryl methyl sites for hydroxylation is 1. The van der Waals surface area contributed by atoms with Crippen molar-refractivity contribution >= 4 is 41.2 Å². The Kier molecular flexibility index (Phi) is 6.65. The highest BCUT2D eigenvalue weighted by Gasteiger charge is 2.37. The number of hydrogen-bond acceptors (Lipinski definition) is 5. The van der Waals surface area contributed by atoms with Gasteiger partial charge in [0.1, 0.15) is 12.2 Å². The van der Waals surface area contributed by atoms with Gasteiger partial charge in [0.25, 0.3) is 11.8 Å². The van der Waals surface area contributed by atoms with Gasteiger partial charge in [-0.2, -0.15) is 0 Å². The topological polar surface area (TPSA) is 84.9 Å². The van der Waals surface area contributed by atoms with Crippen LogP contribution in [0.15, 0.2) is 72.3 Å². The van der Waals surface area contributed by atoms with Crippen LogP contribution >= 0.6 is 11.6 Å². The lowest BCUT2D eigenvalue weighted by Crippen LogP contribution is -2.54. The van der Waals surface area contributed by atoms with Crippen LogP contribution in [-0.4, -0.2) is 25.0 Å². The van der Waals surface area contributed by atoms with Gasteiger partial charge in [-0.05, 0) is 60.0 Å². The zero-order valence-electron chi connectivity index (χ0n) is 18.5. The summed E-state index contributed by atoms with van der Waals surface area (Å²) in [6.07, 6.45) is 1.42. The molecular formula is C26H21ClN2O5. The van der Waals surface area contributed by atoms with Gasteiger partial charge in [-0.1, -0.05) is 48.0 Å². The molecule has 1 aliphatic rings. The number of amides is 4. The molecule has 34 heavy (non-hydrogen) atoms. The lowest BCUT2D eigenvalue weighted by Gasteiger charge is -2.27. The normalized spacial score (nSPS) is 14.9. The second-order valence-corrected chi connectivity index (χ2v) is 8.01. The number of nitrogens with zero attached hydrogens (tertiary/aromatic N) is 1. The molecule has 4 amide bonds. The number of barbiturate groups is 1. The number of carbonyl (C=O) groups excluding carboxylic acids is 3. The van der Waals surface area contributed by atoms with Crippen LogP contribution in [0.4, 0.5) is 10.5 Å².